The summed E-state index contributed by atoms with van der Waals surface area (Å²) in [4.78, 5) is 28.2. The normalized spacial score (nSPS) is 14.7. The molecule has 1 N–H and O–H groups in total. The first-order chi connectivity index (χ1) is 15.9. The molecule has 1 aliphatic carbocycles. The Morgan fingerprint density at radius 1 is 1.12 bits per heavy atom. The Hall–Kier alpha value is -2.34. The zero-order valence-electron chi connectivity index (χ0n) is 19.9. The smallest absolute Gasteiger partial charge is 0.261 e. The molecular weight excluding hydrogens is 480 g/mol. The minimum Gasteiger partial charge on any atom is -0.484 e. The average Bonchev–Trinajstić information content (AvgIpc) is 3.32. The molecule has 2 amide bonds. The van der Waals surface area contributed by atoms with Gasteiger partial charge in [0.2, 0.25) is 5.91 Å². The van der Waals surface area contributed by atoms with Gasteiger partial charge >= 0.3 is 0 Å². The minimum absolute atomic E-state index is 0.0545. The van der Waals surface area contributed by atoms with Crippen LogP contribution in [0, 0.1) is 13.8 Å². The maximum atomic E-state index is 13.3. The summed E-state index contributed by atoms with van der Waals surface area (Å²) in [6.07, 6.45) is 5.60. The highest BCUT2D eigenvalue weighted by Crippen LogP contribution is 2.26. The maximum absolute atomic E-state index is 13.3. The maximum Gasteiger partial charge on any atom is 0.261 e. The van der Waals surface area contributed by atoms with Crippen molar-refractivity contribution in [2.75, 3.05) is 13.2 Å². The van der Waals surface area contributed by atoms with Crippen LogP contribution in [0.25, 0.3) is 0 Å². The van der Waals surface area contributed by atoms with Gasteiger partial charge in [0.25, 0.3) is 5.91 Å². The summed E-state index contributed by atoms with van der Waals surface area (Å²) >= 11 is 3.56. The van der Waals surface area contributed by atoms with Crippen LogP contribution in [0.4, 0.5) is 0 Å². The number of hydrogen-bond donors (Lipinski definition) is 1. The number of halogens is 1. The number of nitrogens with zero attached hydrogens (tertiary/aromatic N) is 1. The molecule has 3 rings (SSSR count). The Labute approximate surface area is 206 Å². The summed E-state index contributed by atoms with van der Waals surface area (Å²) in [7, 11) is 0. The molecule has 2 aromatic carbocycles. The molecule has 2 aromatic rings. The molecule has 1 fully saturated rings. The van der Waals surface area contributed by atoms with E-state index in [4.69, 9.17) is 4.74 Å². The van der Waals surface area contributed by atoms with Gasteiger partial charge in [-0.15, -0.1) is 0 Å². The first kappa shape index (κ1) is 25.3. The Morgan fingerprint density at radius 3 is 2.36 bits per heavy atom. The molecule has 0 unspecified atom stereocenters. The predicted octanol–water partition coefficient (Wildman–Crippen LogP) is 5.35. The summed E-state index contributed by atoms with van der Waals surface area (Å²) in [6, 6.07) is 13.6. The van der Waals surface area contributed by atoms with Crippen molar-refractivity contribution < 1.29 is 14.3 Å². The number of benzene rings is 2. The van der Waals surface area contributed by atoms with Crippen LogP contribution in [0.15, 0.2) is 46.9 Å². The molecule has 0 aliphatic heterocycles. The molecule has 0 saturated heterocycles. The highest BCUT2D eigenvalue weighted by molar-refractivity contribution is 9.10. The predicted molar refractivity (Wildman–Crippen MR) is 135 cm³/mol. The van der Waals surface area contributed by atoms with E-state index in [0.29, 0.717) is 25.1 Å². The average molecular weight is 515 g/mol. The summed E-state index contributed by atoms with van der Waals surface area (Å²) in [5.41, 5.74) is 3.25. The van der Waals surface area contributed by atoms with Crippen molar-refractivity contribution in [1.29, 1.82) is 0 Å². The van der Waals surface area contributed by atoms with Gasteiger partial charge in [-0.2, -0.15) is 0 Å². The van der Waals surface area contributed by atoms with Crippen molar-refractivity contribution in [2.45, 2.75) is 71.4 Å². The van der Waals surface area contributed by atoms with Gasteiger partial charge in [0.1, 0.15) is 11.8 Å². The minimum atomic E-state index is -0.501. The van der Waals surface area contributed by atoms with E-state index in [0.717, 1.165) is 46.8 Å². The van der Waals surface area contributed by atoms with Crippen molar-refractivity contribution in [1.82, 2.24) is 10.2 Å². The molecule has 0 aromatic heterocycles. The lowest BCUT2D eigenvalue weighted by atomic mass is 10.1. The number of hydrogen-bond acceptors (Lipinski definition) is 3. The monoisotopic (exact) mass is 514 g/mol. The fraction of sp³-hybridized carbons (Fsp3) is 0.481. The molecule has 0 bridgehead atoms. The van der Waals surface area contributed by atoms with E-state index in [-0.39, 0.29) is 24.5 Å². The molecule has 0 spiro atoms. The molecule has 1 atom stereocenters. The lowest BCUT2D eigenvalue weighted by Gasteiger charge is -2.31. The molecule has 0 heterocycles. The quantitative estimate of drug-likeness (QED) is 0.464. The van der Waals surface area contributed by atoms with Crippen LogP contribution in [0.3, 0.4) is 0 Å². The van der Waals surface area contributed by atoms with Crippen molar-refractivity contribution in [2.24, 2.45) is 0 Å². The Balaban J connectivity index is 1.72. The number of aryl methyl sites for hydroxylation is 2. The molecular formula is C27H35BrN2O3. The molecule has 1 saturated carbocycles. The van der Waals surface area contributed by atoms with Crippen molar-refractivity contribution in [3.05, 3.63) is 63.6 Å². The molecule has 0 radical (unpaired) electrons. The second-order valence-corrected chi connectivity index (χ2v) is 9.69. The largest absolute Gasteiger partial charge is 0.484 e. The van der Waals surface area contributed by atoms with Crippen LogP contribution in [-0.4, -0.2) is 41.9 Å². The number of carbonyl (C=O) groups is 2. The molecule has 33 heavy (non-hydrogen) atoms. The number of amides is 2. The standard InChI is InChI=1S/C27H35BrN2O3/c1-4-24(27(32)29-22-12-8-9-13-22)30(15-14-21-10-6-5-7-11-21)25(31)18-33-23-16-19(2)26(28)20(3)17-23/h5-7,10-11,16-17,22,24H,4,8-9,12-15,18H2,1-3H3,(H,29,32)/t24-/m1/s1. The summed E-state index contributed by atoms with van der Waals surface area (Å²) in [5, 5.41) is 3.18. The fourth-order valence-corrected chi connectivity index (χ4v) is 4.71. The van der Waals surface area contributed by atoms with E-state index in [1.165, 1.54) is 0 Å². The molecule has 1 aliphatic rings. The van der Waals surface area contributed by atoms with E-state index in [2.05, 4.69) is 21.2 Å². The SMILES string of the molecule is CC[C@H](C(=O)NC1CCCC1)N(CCc1ccccc1)C(=O)COc1cc(C)c(Br)c(C)c1. The second kappa shape index (κ2) is 12.2. The topological polar surface area (TPSA) is 58.6 Å². The van der Waals surface area contributed by atoms with Crippen molar-refractivity contribution in [3.63, 3.8) is 0 Å². The van der Waals surface area contributed by atoms with Gasteiger partial charge in [-0.05, 0) is 68.4 Å². The molecule has 6 heteroatoms. The summed E-state index contributed by atoms with van der Waals surface area (Å²) in [6.45, 7) is 6.34. The molecule has 5 nitrogen and oxygen atoms in total. The van der Waals surface area contributed by atoms with Crippen LogP contribution in [0.5, 0.6) is 5.75 Å². The first-order valence-electron chi connectivity index (χ1n) is 11.9. The summed E-state index contributed by atoms with van der Waals surface area (Å²) in [5.74, 6) is 0.437. The number of carbonyl (C=O) groups excluding carboxylic acids is 2. The third-order valence-corrected chi connectivity index (χ3v) is 7.59. The van der Waals surface area contributed by atoms with Gasteiger partial charge in [0, 0.05) is 17.1 Å². The number of rotatable bonds is 10. The second-order valence-electron chi connectivity index (χ2n) is 8.90. The van der Waals surface area contributed by atoms with Gasteiger partial charge in [0.15, 0.2) is 6.61 Å². The zero-order valence-corrected chi connectivity index (χ0v) is 21.5. The van der Waals surface area contributed by atoms with Gasteiger partial charge in [0.05, 0.1) is 0 Å². The molecule has 178 valence electrons. The fourth-order valence-electron chi connectivity index (χ4n) is 4.48. The van der Waals surface area contributed by atoms with Gasteiger partial charge in [-0.1, -0.05) is 66.0 Å². The van der Waals surface area contributed by atoms with E-state index in [1.54, 1.807) is 4.90 Å². The van der Waals surface area contributed by atoms with Gasteiger partial charge < -0.3 is 15.0 Å². The van der Waals surface area contributed by atoms with Crippen LogP contribution >= 0.6 is 15.9 Å². The first-order valence-corrected chi connectivity index (χ1v) is 12.7. The lowest BCUT2D eigenvalue weighted by molar-refractivity contribution is -0.142. The number of ether oxygens (including phenoxy) is 1. The van der Waals surface area contributed by atoms with Gasteiger partial charge in [-0.25, -0.2) is 0 Å². The third-order valence-electron chi connectivity index (χ3n) is 6.34. The van der Waals surface area contributed by atoms with Crippen LogP contribution in [-0.2, 0) is 16.0 Å². The zero-order chi connectivity index (χ0) is 23.8. The lowest BCUT2D eigenvalue weighted by Crippen LogP contribution is -2.52. The Bertz CT molecular complexity index is 919. The van der Waals surface area contributed by atoms with Crippen LogP contribution in [0.1, 0.15) is 55.7 Å². The van der Waals surface area contributed by atoms with E-state index in [9.17, 15) is 9.59 Å². The highest BCUT2D eigenvalue weighted by atomic mass is 79.9. The van der Waals surface area contributed by atoms with Crippen molar-refractivity contribution >= 4 is 27.7 Å². The van der Waals surface area contributed by atoms with Crippen molar-refractivity contribution in [3.8, 4) is 5.75 Å². The van der Waals surface area contributed by atoms with E-state index in [1.807, 2.05) is 63.2 Å². The van der Waals surface area contributed by atoms with Crippen LogP contribution in [0.2, 0.25) is 0 Å². The third kappa shape index (κ3) is 7.07. The highest BCUT2D eigenvalue weighted by Gasteiger charge is 2.30. The van der Waals surface area contributed by atoms with E-state index >= 15 is 0 Å². The van der Waals surface area contributed by atoms with E-state index < -0.39 is 6.04 Å². The number of nitrogens with one attached hydrogen (secondary N) is 1. The Kier molecular flexibility index (Phi) is 9.36. The summed E-state index contributed by atoms with van der Waals surface area (Å²) < 4.78 is 6.92. The Morgan fingerprint density at radius 2 is 1.76 bits per heavy atom. The van der Waals surface area contributed by atoms with Crippen LogP contribution < -0.4 is 10.1 Å². The van der Waals surface area contributed by atoms with Gasteiger partial charge in [-0.3, -0.25) is 9.59 Å².